The smallest absolute Gasteiger partial charge is 0.129 e. The van der Waals surface area contributed by atoms with Crippen LogP contribution in [0, 0.1) is 0 Å². The topological polar surface area (TPSA) is 59.1 Å². The quantitative estimate of drug-likeness (QED) is 0.813. The molecule has 2 aromatic rings. The van der Waals surface area contributed by atoms with Crippen LogP contribution in [0.2, 0.25) is 5.15 Å². The number of hydrogen-bond acceptors (Lipinski definition) is 4. The Hall–Kier alpha value is -0.680. The van der Waals surface area contributed by atoms with E-state index in [-0.39, 0.29) is 0 Å². The summed E-state index contributed by atoms with van der Waals surface area (Å²) in [6.45, 7) is 0.476. The number of rotatable bonds is 3. The lowest BCUT2D eigenvalue weighted by Gasteiger charge is -2.04. The van der Waals surface area contributed by atoms with E-state index in [0.29, 0.717) is 18.1 Å². The summed E-state index contributed by atoms with van der Waals surface area (Å²) in [4.78, 5) is 5.07. The first-order chi connectivity index (χ1) is 7.20. The molecule has 2 aromatic heterocycles. The Morgan fingerprint density at radius 2 is 2.33 bits per heavy atom. The molecule has 2 heterocycles. The van der Waals surface area contributed by atoms with Crippen molar-refractivity contribution >= 4 is 33.2 Å². The van der Waals surface area contributed by atoms with E-state index in [1.807, 2.05) is 12.1 Å². The zero-order valence-electron chi connectivity index (χ0n) is 7.98. The van der Waals surface area contributed by atoms with E-state index in [1.54, 1.807) is 6.07 Å². The van der Waals surface area contributed by atoms with Gasteiger partial charge in [-0.2, -0.15) is 0 Å². The van der Waals surface area contributed by atoms with Crippen molar-refractivity contribution in [2.45, 2.75) is 12.5 Å². The van der Waals surface area contributed by atoms with E-state index >= 15 is 0 Å². The zero-order valence-corrected chi connectivity index (χ0v) is 9.55. The van der Waals surface area contributed by atoms with E-state index < -0.39 is 6.10 Å². The highest BCUT2D eigenvalue weighted by Crippen LogP contribution is 2.30. The third kappa shape index (κ3) is 2.29. The molecule has 0 unspecified atom stereocenters. The number of aliphatic hydroxyl groups excluding tert-OH is 1. The Bertz CT molecular complexity index is 471. The molecule has 0 aliphatic rings. The first kappa shape index (κ1) is 10.8. The maximum absolute atomic E-state index is 9.76. The molecule has 80 valence electrons. The van der Waals surface area contributed by atoms with Crippen LogP contribution >= 0.6 is 22.9 Å². The van der Waals surface area contributed by atoms with Gasteiger partial charge in [0.2, 0.25) is 0 Å². The Morgan fingerprint density at radius 3 is 3.07 bits per heavy atom. The molecule has 0 aliphatic heterocycles. The molecule has 0 amide bonds. The van der Waals surface area contributed by atoms with Gasteiger partial charge in [-0.1, -0.05) is 11.6 Å². The Morgan fingerprint density at radius 1 is 1.53 bits per heavy atom. The van der Waals surface area contributed by atoms with Gasteiger partial charge in [0.05, 0.1) is 16.3 Å². The minimum absolute atomic E-state index is 0.472. The molecule has 0 bridgehead atoms. The van der Waals surface area contributed by atoms with Gasteiger partial charge in [-0.15, -0.1) is 11.3 Å². The summed E-state index contributed by atoms with van der Waals surface area (Å²) in [6.07, 6.45) is 0.0774. The van der Waals surface area contributed by atoms with Gasteiger partial charge in [0, 0.05) is 4.88 Å². The Labute approximate surface area is 96.5 Å². The SMILES string of the molecule is NCC[C@H](O)c1cc2nc(Cl)ccc2s1. The van der Waals surface area contributed by atoms with Gasteiger partial charge in [-0.25, -0.2) is 4.98 Å². The first-order valence-corrected chi connectivity index (χ1v) is 5.84. The van der Waals surface area contributed by atoms with Crippen molar-refractivity contribution in [3.05, 3.63) is 28.2 Å². The van der Waals surface area contributed by atoms with Gasteiger partial charge >= 0.3 is 0 Å². The van der Waals surface area contributed by atoms with Gasteiger partial charge < -0.3 is 10.8 Å². The summed E-state index contributed by atoms with van der Waals surface area (Å²) in [7, 11) is 0. The summed E-state index contributed by atoms with van der Waals surface area (Å²) >= 11 is 7.31. The molecular weight excluding hydrogens is 232 g/mol. The highest BCUT2D eigenvalue weighted by atomic mass is 35.5. The number of nitrogens with two attached hydrogens (primary N) is 1. The summed E-state index contributed by atoms with van der Waals surface area (Å²) in [5.41, 5.74) is 6.23. The molecule has 1 atom stereocenters. The predicted molar refractivity (Wildman–Crippen MR) is 63.3 cm³/mol. The highest BCUT2D eigenvalue weighted by molar-refractivity contribution is 7.19. The number of hydrogen-bond donors (Lipinski definition) is 2. The number of halogens is 1. The standard InChI is InChI=1S/C10H11ClN2OS/c11-10-2-1-8-6(13-10)5-9(15-8)7(14)3-4-12/h1-2,5,7,14H,3-4,12H2/t7-/m0/s1. The van der Waals surface area contributed by atoms with Crippen LogP contribution in [0.25, 0.3) is 10.2 Å². The van der Waals surface area contributed by atoms with Crippen LogP contribution in [0.3, 0.4) is 0 Å². The predicted octanol–water partition coefficient (Wildman–Crippen LogP) is 2.33. The van der Waals surface area contributed by atoms with Crippen molar-refractivity contribution in [1.82, 2.24) is 4.98 Å². The van der Waals surface area contributed by atoms with E-state index in [0.717, 1.165) is 15.1 Å². The monoisotopic (exact) mass is 242 g/mol. The molecule has 0 aliphatic carbocycles. The van der Waals surface area contributed by atoms with Crippen LogP contribution in [-0.4, -0.2) is 16.6 Å². The van der Waals surface area contributed by atoms with Crippen LogP contribution in [0.15, 0.2) is 18.2 Å². The average Bonchev–Trinajstić information content (AvgIpc) is 2.60. The lowest BCUT2D eigenvalue weighted by atomic mass is 10.2. The Balaban J connectivity index is 2.38. The van der Waals surface area contributed by atoms with Crippen LogP contribution in [-0.2, 0) is 0 Å². The van der Waals surface area contributed by atoms with Gasteiger partial charge in [0.15, 0.2) is 0 Å². The number of thiophene rings is 1. The van der Waals surface area contributed by atoms with Crippen molar-refractivity contribution in [2.24, 2.45) is 5.73 Å². The summed E-state index contributed by atoms with van der Waals surface area (Å²) < 4.78 is 1.03. The molecular formula is C10H11ClN2OS. The fourth-order valence-corrected chi connectivity index (χ4v) is 2.56. The summed E-state index contributed by atoms with van der Waals surface area (Å²) in [5, 5.41) is 10.2. The molecule has 15 heavy (non-hydrogen) atoms. The fourth-order valence-electron chi connectivity index (χ4n) is 1.38. The lowest BCUT2D eigenvalue weighted by Crippen LogP contribution is -2.05. The largest absolute Gasteiger partial charge is 0.388 e. The molecule has 5 heteroatoms. The van der Waals surface area contributed by atoms with Gasteiger partial charge in [-0.3, -0.25) is 0 Å². The van der Waals surface area contributed by atoms with Crippen molar-refractivity contribution in [3.63, 3.8) is 0 Å². The molecule has 0 spiro atoms. The molecule has 0 radical (unpaired) electrons. The zero-order chi connectivity index (χ0) is 10.8. The second-order valence-electron chi connectivity index (χ2n) is 3.26. The van der Waals surface area contributed by atoms with Gasteiger partial charge in [0.1, 0.15) is 5.15 Å². The summed E-state index contributed by atoms with van der Waals surface area (Å²) in [6, 6.07) is 5.53. The number of pyridine rings is 1. The number of aromatic nitrogens is 1. The minimum Gasteiger partial charge on any atom is -0.388 e. The van der Waals surface area contributed by atoms with E-state index in [9.17, 15) is 5.11 Å². The van der Waals surface area contributed by atoms with E-state index in [1.165, 1.54) is 11.3 Å². The molecule has 3 N–H and O–H groups in total. The molecule has 0 aromatic carbocycles. The molecule has 2 rings (SSSR count). The van der Waals surface area contributed by atoms with Crippen LogP contribution in [0.1, 0.15) is 17.4 Å². The fraction of sp³-hybridized carbons (Fsp3) is 0.300. The van der Waals surface area contributed by atoms with Crippen LogP contribution in [0.4, 0.5) is 0 Å². The molecule has 0 saturated carbocycles. The number of fused-ring (bicyclic) bond motifs is 1. The van der Waals surface area contributed by atoms with Crippen molar-refractivity contribution < 1.29 is 5.11 Å². The maximum atomic E-state index is 9.76. The second-order valence-corrected chi connectivity index (χ2v) is 4.76. The van der Waals surface area contributed by atoms with Crippen molar-refractivity contribution in [2.75, 3.05) is 6.54 Å². The Kier molecular flexibility index (Phi) is 3.21. The summed E-state index contributed by atoms with van der Waals surface area (Å²) in [5.74, 6) is 0. The van der Waals surface area contributed by atoms with Crippen molar-refractivity contribution in [3.8, 4) is 0 Å². The van der Waals surface area contributed by atoms with Gasteiger partial charge in [0.25, 0.3) is 0 Å². The van der Waals surface area contributed by atoms with Crippen molar-refractivity contribution in [1.29, 1.82) is 0 Å². The van der Waals surface area contributed by atoms with E-state index in [4.69, 9.17) is 17.3 Å². The molecule has 0 fully saturated rings. The number of nitrogens with zero attached hydrogens (tertiary/aromatic N) is 1. The third-order valence-electron chi connectivity index (χ3n) is 2.13. The molecule has 3 nitrogen and oxygen atoms in total. The highest BCUT2D eigenvalue weighted by Gasteiger charge is 2.11. The van der Waals surface area contributed by atoms with Gasteiger partial charge in [-0.05, 0) is 31.2 Å². The average molecular weight is 243 g/mol. The first-order valence-electron chi connectivity index (χ1n) is 4.65. The van der Waals surface area contributed by atoms with Crippen LogP contribution in [0.5, 0.6) is 0 Å². The minimum atomic E-state index is -0.493. The number of aliphatic hydroxyl groups is 1. The maximum Gasteiger partial charge on any atom is 0.129 e. The van der Waals surface area contributed by atoms with E-state index in [2.05, 4.69) is 4.98 Å². The third-order valence-corrected chi connectivity index (χ3v) is 3.53. The normalized spacial score (nSPS) is 13.3. The lowest BCUT2D eigenvalue weighted by molar-refractivity contribution is 0.174. The van der Waals surface area contributed by atoms with Crippen LogP contribution < -0.4 is 5.73 Å². The molecule has 0 saturated heterocycles. The second kappa shape index (κ2) is 4.45.